The third kappa shape index (κ3) is 6.95. The number of nitrogens with zero attached hydrogens (tertiary/aromatic N) is 1. The van der Waals surface area contributed by atoms with Gasteiger partial charge in [0.25, 0.3) is 0 Å². The second-order valence-electron chi connectivity index (χ2n) is 7.25. The van der Waals surface area contributed by atoms with Gasteiger partial charge in [0.1, 0.15) is 10.7 Å². The number of thiazole rings is 1. The second-order valence-corrected chi connectivity index (χ2v) is 9.32. The van der Waals surface area contributed by atoms with E-state index in [2.05, 4.69) is 24.1 Å². The molecule has 8 heteroatoms. The minimum Gasteiger partial charge on any atom is -0.382 e. The number of benzene rings is 1. The van der Waals surface area contributed by atoms with Gasteiger partial charge in [0.05, 0.1) is 5.02 Å². The van der Waals surface area contributed by atoms with Gasteiger partial charge in [-0.3, -0.25) is 9.93 Å². The summed E-state index contributed by atoms with van der Waals surface area (Å²) < 4.78 is 0. The number of ketones is 1. The van der Waals surface area contributed by atoms with E-state index < -0.39 is 0 Å². The average molecular weight is 441 g/mol. The first kappa shape index (κ1) is 23.0. The summed E-state index contributed by atoms with van der Waals surface area (Å²) in [6.45, 7) is 4.31. The predicted octanol–water partition coefficient (Wildman–Crippen LogP) is 5.60. The lowest BCUT2D eigenvalue weighted by Crippen LogP contribution is -2.22. The third-order valence-electron chi connectivity index (χ3n) is 4.34. The van der Waals surface area contributed by atoms with E-state index in [0.717, 1.165) is 29.6 Å². The average Bonchev–Trinajstić information content (AvgIpc) is 3.03. The minimum atomic E-state index is -0.169. The van der Waals surface area contributed by atoms with Crippen molar-refractivity contribution >= 4 is 51.6 Å². The van der Waals surface area contributed by atoms with Crippen molar-refractivity contribution in [3.63, 3.8) is 0 Å². The molecule has 0 unspecified atom stereocenters. The SMILES string of the molecule is CC(C)CSN.Nc1nc(NC2CCCCC2)sc1C(=O)c1ccccc1Cl. The van der Waals surface area contributed by atoms with Gasteiger partial charge in [-0.05, 0) is 30.9 Å². The van der Waals surface area contributed by atoms with Crippen molar-refractivity contribution < 1.29 is 4.79 Å². The molecule has 1 fully saturated rings. The van der Waals surface area contributed by atoms with Crippen LogP contribution in [0.3, 0.4) is 0 Å². The molecule has 5 nitrogen and oxygen atoms in total. The van der Waals surface area contributed by atoms with Crippen LogP contribution in [0.5, 0.6) is 0 Å². The molecular formula is C20H29ClN4OS2. The van der Waals surface area contributed by atoms with Crippen LogP contribution in [0.15, 0.2) is 24.3 Å². The number of rotatable bonds is 6. The van der Waals surface area contributed by atoms with Crippen LogP contribution in [0.1, 0.15) is 61.2 Å². The Morgan fingerprint density at radius 1 is 1.32 bits per heavy atom. The molecule has 0 spiro atoms. The minimum absolute atomic E-state index is 0.169. The van der Waals surface area contributed by atoms with E-state index in [0.29, 0.717) is 21.5 Å². The zero-order valence-electron chi connectivity index (χ0n) is 16.4. The summed E-state index contributed by atoms with van der Waals surface area (Å²) in [5, 5.41) is 9.71. The van der Waals surface area contributed by atoms with E-state index in [4.69, 9.17) is 22.5 Å². The van der Waals surface area contributed by atoms with Crippen LogP contribution in [0, 0.1) is 5.92 Å². The molecule has 0 saturated heterocycles. The van der Waals surface area contributed by atoms with Crippen molar-refractivity contribution in [2.45, 2.75) is 52.0 Å². The summed E-state index contributed by atoms with van der Waals surface area (Å²) in [4.78, 5) is 17.3. The molecular weight excluding hydrogens is 412 g/mol. The highest BCUT2D eigenvalue weighted by Crippen LogP contribution is 2.31. The summed E-state index contributed by atoms with van der Waals surface area (Å²) in [5.41, 5.74) is 6.39. The van der Waals surface area contributed by atoms with Crippen molar-refractivity contribution in [3.05, 3.63) is 39.7 Å². The topological polar surface area (TPSA) is 94.0 Å². The summed E-state index contributed by atoms with van der Waals surface area (Å²) in [6.07, 6.45) is 6.07. The van der Waals surface area contributed by atoms with E-state index in [1.165, 1.54) is 42.5 Å². The Kier molecular flexibility index (Phi) is 9.58. The first-order valence-corrected chi connectivity index (χ1v) is 11.8. The van der Waals surface area contributed by atoms with Crippen LogP contribution >= 0.6 is 34.9 Å². The van der Waals surface area contributed by atoms with Gasteiger partial charge in [-0.25, -0.2) is 4.98 Å². The maximum Gasteiger partial charge on any atom is 0.208 e. The first-order chi connectivity index (χ1) is 13.4. The zero-order valence-corrected chi connectivity index (χ0v) is 18.8. The quantitative estimate of drug-likeness (QED) is 0.399. The van der Waals surface area contributed by atoms with E-state index in [-0.39, 0.29) is 11.6 Å². The van der Waals surface area contributed by atoms with E-state index in [1.807, 2.05) is 0 Å². The van der Waals surface area contributed by atoms with Gasteiger partial charge >= 0.3 is 0 Å². The van der Waals surface area contributed by atoms with Crippen LogP contribution < -0.4 is 16.2 Å². The second kappa shape index (κ2) is 11.7. The molecule has 0 amide bonds. The molecule has 28 heavy (non-hydrogen) atoms. The van der Waals surface area contributed by atoms with Gasteiger partial charge in [0.15, 0.2) is 5.13 Å². The number of nitrogens with two attached hydrogens (primary N) is 2. The summed E-state index contributed by atoms with van der Waals surface area (Å²) >= 11 is 8.81. The number of nitrogen functional groups attached to an aromatic ring is 1. The highest BCUT2D eigenvalue weighted by atomic mass is 35.5. The normalized spacial score (nSPS) is 14.5. The molecule has 1 aliphatic carbocycles. The van der Waals surface area contributed by atoms with Crippen LogP contribution in [0.2, 0.25) is 5.02 Å². The molecule has 0 radical (unpaired) electrons. The van der Waals surface area contributed by atoms with Crippen molar-refractivity contribution in [1.29, 1.82) is 0 Å². The molecule has 1 aromatic heterocycles. The number of halogens is 1. The van der Waals surface area contributed by atoms with E-state index in [1.54, 1.807) is 24.3 Å². The molecule has 0 bridgehead atoms. The van der Waals surface area contributed by atoms with Crippen LogP contribution in [0.4, 0.5) is 10.9 Å². The fourth-order valence-electron chi connectivity index (χ4n) is 2.94. The van der Waals surface area contributed by atoms with E-state index in [9.17, 15) is 4.79 Å². The first-order valence-electron chi connectivity index (χ1n) is 9.56. The fourth-order valence-corrected chi connectivity index (χ4v) is 4.46. The lowest BCUT2D eigenvalue weighted by Gasteiger charge is -2.22. The van der Waals surface area contributed by atoms with Crippen LogP contribution in [-0.4, -0.2) is 22.6 Å². The maximum atomic E-state index is 12.6. The fraction of sp³-hybridized carbons (Fsp3) is 0.500. The molecule has 1 saturated carbocycles. The number of nitrogens with one attached hydrogen (secondary N) is 1. The standard InChI is InChI=1S/C16H18ClN3OS.C4H11NS/c17-12-9-5-4-8-11(12)13(21)14-15(18)20-16(22-14)19-10-6-2-1-3-7-10;1-4(2)3-6-5/h4-5,8-10H,1-3,6-7,18H2,(H,19,20);4H,3,5H2,1-2H3. The van der Waals surface area contributed by atoms with Gasteiger partial charge in [-0.1, -0.05) is 80.1 Å². The van der Waals surface area contributed by atoms with E-state index >= 15 is 0 Å². The predicted molar refractivity (Wildman–Crippen MR) is 123 cm³/mol. The smallest absolute Gasteiger partial charge is 0.208 e. The lowest BCUT2D eigenvalue weighted by molar-refractivity contribution is 0.104. The highest BCUT2D eigenvalue weighted by Gasteiger charge is 2.21. The molecule has 3 rings (SSSR count). The molecule has 0 atom stereocenters. The summed E-state index contributed by atoms with van der Waals surface area (Å²) in [5.74, 6) is 1.91. The lowest BCUT2D eigenvalue weighted by atomic mass is 9.96. The molecule has 0 aliphatic heterocycles. The Morgan fingerprint density at radius 2 is 2.00 bits per heavy atom. The zero-order chi connectivity index (χ0) is 20.5. The maximum absolute atomic E-state index is 12.6. The van der Waals surface area contributed by atoms with Gasteiger partial charge in [-0.15, -0.1) is 0 Å². The Hall–Kier alpha value is -1.28. The molecule has 1 aliphatic rings. The van der Waals surface area contributed by atoms with Crippen molar-refractivity contribution in [1.82, 2.24) is 4.98 Å². The molecule has 5 N–H and O–H groups in total. The molecule has 2 aromatic rings. The number of hydrogen-bond donors (Lipinski definition) is 3. The van der Waals surface area contributed by atoms with Gasteiger partial charge in [0, 0.05) is 17.4 Å². The number of anilines is 2. The van der Waals surface area contributed by atoms with Crippen molar-refractivity contribution in [3.8, 4) is 0 Å². The Morgan fingerprint density at radius 3 is 2.57 bits per heavy atom. The number of carbonyl (C=O) groups is 1. The molecule has 1 aromatic carbocycles. The van der Waals surface area contributed by atoms with Gasteiger partial charge < -0.3 is 11.1 Å². The number of hydrogen-bond acceptors (Lipinski definition) is 7. The third-order valence-corrected chi connectivity index (χ3v) is 6.53. The Labute approximate surface area is 180 Å². The van der Waals surface area contributed by atoms with Crippen LogP contribution in [0.25, 0.3) is 0 Å². The summed E-state index contributed by atoms with van der Waals surface area (Å²) in [6, 6.07) is 7.43. The highest BCUT2D eigenvalue weighted by molar-refractivity contribution is 7.97. The van der Waals surface area contributed by atoms with Gasteiger partial charge in [-0.2, -0.15) is 0 Å². The van der Waals surface area contributed by atoms with Gasteiger partial charge in [0.2, 0.25) is 5.78 Å². The van der Waals surface area contributed by atoms with Crippen molar-refractivity contribution in [2.24, 2.45) is 11.1 Å². The van der Waals surface area contributed by atoms with Crippen molar-refractivity contribution in [2.75, 3.05) is 16.8 Å². The number of aromatic nitrogens is 1. The van der Waals surface area contributed by atoms with Crippen LogP contribution in [-0.2, 0) is 0 Å². The monoisotopic (exact) mass is 440 g/mol. The summed E-state index contributed by atoms with van der Waals surface area (Å²) in [7, 11) is 0. The molecule has 154 valence electrons. The number of carbonyl (C=O) groups excluding carboxylic acids is 1. The Bertz CT molecular complexity index is 760. The largest absolute Gasteiger partial charge is 0.382 e. The Balaban J connectivity index is 0.000000409. The molecule has 1 heterocycles.